The molecule has 3 aliphatic carbocycles. The summed E-state index contributed by atoms with van der Waals surface area (Å²) in [6.07, 6.45) is 9.80. The minimum absolute atomic E-state index is 0.0534. The lowest BCUT2D eigenvalue weighted by atomic mass is 9.63. The molecule has 114 valence electrons. The molecule has 0 aromatic carbocycles. The van der Waals surface area contributed by atoms with Gasteiger partial charge in [0.1, 0.15) is 5.78 Å². The standard InChI is InChI=1S/C18H30O2/c1-12(2)14-7-6-13(3)10-15(14)20-17-11-16(19)18(17)8-4-5-9-18/h12-15,17H,4-11H2,1-3H3. The van der Waals surface area contributed by atoms with Crippen LogP contribution in [0.1, 0.15) is 72.1 Å². The third-order valence-electron chi connectivity index (χ3n) is 6.34. The predicted molar refractivity (Wildman–Crippen MR) is 80.5 cm³/mol. The Labute approximate surface area is 123 Å². The van der Waals surface area contributed by atoms with E-state index in [1.807, 2.05) is 0 Å². The van der Waals surface area contributed by atoms with Gasteiger partial charge in [-0.25, -0.2) is 0 Å². The van der Waals surface area contributed by atoms with Crippen molar-refractivity contribution in [1.82, 2.24) is 0 Å². The molecule has 0 saturated heterocycles. The van der Waals surface area contributed by atoms with Gasteiger partial charge in [-0.05, 0) is 43.4 Å². The molecule has 0 heterocycles. The first-order chi connectivity index (χ1) is 9.53. The average Bonchev–Trinajstić information content (AvgIpc) is 2.90. The van der Waals surface area contributed by atoms with E-state index in [0.29, 0.717) is 30.1 Å². The van der Waals surface area contributed by atoms with E-state index in [2.05, 4.69) is 20.8 Å². The zero-order valence-electron chi connectivity index (χ0n) is 13.4. The molecule has 0 aromatic rings. The van der Waals surface area contributed by atoms with Crippen LogP contribution in [0, 0.1) is 23.2 Å². The number of ketones is 1. The molecule has 0 amide bonds. The summed E-state index contributed by atoms with van der Waals surface area (Å²) in [5.74, 6) is 2.67. The number of carbonyl (C=O) groups is 1. The monoisotopic (exact) mass is 278 g/mol. The van der Waals surface area contributed by atoms with Gasteiger partial charge in [0.2, 0.25) is 0 Å². The van der Waals surface area contributed by atoms with E-state index in [1.165, 1.54) is 32.1 Å². The Bertz CT molecular complexity index is 368. The first-order valence-electron chi connectivity index (χ1n) is 8.71. The Balaban J connectivity index is 1.68. The number of hydrogen-bond acceptors (Lipinski definition) is 2. The lowest BCUT2D eigenvalue weighted by Crippen LogP contribution is -2.56. The van der Waals surface area contributed by atoms with Crippen molar-refractivity contribution < 1.29 is 9.53 Å². The summed E-state index contributed by atoms with van der Waals surface area (Å²) in [7, 11) is 0. The SMILES string of the molecule is CC1CCC(C(C)C)C(OC2CC(=O)C23CCCC3)C1. The van der Waals surface area contributed by atoms with Gasteiger partial charge in [0.05, 0.1) is 17.6 Å². The molecule has 20 heavy (non-hydrogen) atoms. The second kappa shape index (κ2) is 5.44. The Morgan fingerprint density at radius 1 is 1.20 bits per heavy atom. The lowest BCUT2D eigenvalue weighted by molar-refractivity contribution is -0.182. The number of rotatable bonds is 3. The van der Waals surface area contributed by atoms with Crippen LogP contribution in [-0.4, -0.2) is 18.0 Å². The Morgan fingerprint density at radius 3 is 2.50 bits per heavy atom. The summed E-state index contributed by atoms with van der Waals surface area (Å²) in [4.78, 5) is 12.1. The van der Waals surface area contributed by atoms with Gasteiger partial charge in [-0.3, -0.25) is 4.79 Å². The number of carbonyl (C=O) groups excluding carboxylic acids is 1. The Morgan fingerprint density at radius 2 is 1.90 bits per heavy atom. The van der Waals surface area contributed by atoms with Crippen LogP contribution in [0.2, 0.25) is 0 Å². The molecule has 0 aliphatic heterocycles. The van der Waals surface area contributed by atoms with E-state index in [-0.39, 0.29) is 11.5 Å². The Hall–Kier alpha value is -0.370. The molecule has 4 atom stereocenters. The first-order valence-corrected chi connectivity index (χ1v) is 8.71. The number of hydrogen-bond donors (Lipinski definition) is 0. The zero-order chi connectivity index (χ0) is 14.3. The second-order valence-electron chi connectivity index (χ2n) is 7.98. The van der Waals surface area contributed by atoms with Crippen LogP contribution in [0.15, 0.2) is 0 Å². The molecular formula is C18H30O2. The van der Waals surface area contributed by atoms with E-state index in [0.717, 1.165) is 18.8 Å². The maximum Gasteiger partial charge on any atom is 0.144 e. The molecule has 0 bridgehead atoms. The van der Waals surface area contributed by atoms with Crippen LogP contribution in [0.25, 0.3) is 0 Å². The van der Waals surface area contributed by atoms with Gasteiger partial charge in [0.15, 0.2) is 0 Å². The molecule has 0 radical (unpaired) electrons. The summed E-state index contributed by atoms with van der Waals surface area (Å²) in [6.45, 7) is 7.01. The summed E-state index contributed by atoms with van der Waals surface area (Å²) in [5.41, 5.74) is -0.0534. The maximum atomic E-state index is 12.1. The molecule has 3 fully saturated rings. The summed E-state index contributed by atoms with van der Waals surface area (Å²) in [6, 6.07) is 0. The van der Waals surface area contributed by atoms with Gasteiger partial charge in [0.25, 0.3) is 0 Å². The maximum absolute atomic E-state index is 12.1. The highest BCUT2D eigenvalue weighted by Crippen LogP contribution is 2.53. The molecule has 2 nitrogen and oxygen atoms in total. The van der Waals surface area contributed by atoms with Crippen molar-refractivity contribution >= 4 is 5.78 Å². The van der Waals surface area contributed by atoms with Crippen molar-refractivity contribution in [3.05, 3.63) is 0 Å². The lowest BCUT2D eigenvalue weighted by Gasteiger charge is -2.49. The van der Waals surface area contributed by atoms with Gasteiger partial charge in [0, 0.05) is 6.42 Å². The van der Waals surface area contributed by atoms with Crippen molar-refractivity contribution in [2.75, 3.05) is 0 Å². The van der Waals surface area contributed by atoms with Gasteiger partial charge < -0.3 is 4.74 Å². The van der Waals surface area contributed by atoms with Crippen LogP contribution in [0.4, 0.5) is 0 Å². The highest BCUT2D eigenvalue weighted by Gasteiger charge is 2.57. The average molecular weight is 278 g/mol. The molecular weight excluding hydrogens is 248 g/mol. The van der Waals surface area contributed by atoms with Crippen molar-refractivity contribution in [3.63, 3.8) is 0 Å². The predicted octanol–water partition coefficient (Wildman–Crippen LogP) is 4.37. The van der Waals surface area contributed by atoms with Crippen LogP contribution >= 0.6 is 0 Å². The van der Waals surface area contributed by atoms with E-state index in [9.17, 15) is 4.79 Å². The van der Waals surface area contributed by atoms with Crippen LogP contribution < -0.4 is 0 Å². The number of Topliss-reactive ketones (excluding diaryl/α,β-unsaturated/α-hetero) is 1. The molecule has 3 saturated carbocycles. The van der Waals surface area contributed by atoms with E-state index in [1.54, 1.807) is 0 Å². The molecule has 1 spiro atoms. The van der Waals surface area contributed by atoms with E-state index >= 15 is 0 Å². The smallest absolute Gasteiger partial charge is 0.144 e. The third-order valence-corrected chi connectivity index (χ3v) is 6.34. The zero-order valence-corrected chi connectivity index (χ0v) is 13.4. The van der Waals surface area contributed by atoms with Gasteiger partial charge in [-0.15, -0.1) is 0 Å². The van der Waals surface area contributed by atoms with Gasteiger partial charge in [-0.2, -0.15) is 0 Å². The normalized spacial score (nSPS) is 40.3. The fourth-order valence-electron chi connectivity index (χ4n) is 4.88. The van der Waals surface area contributed by atoms with Crippen LogP contribution in [-0.2, 0) is 9.53 Å². The fraction of sp³-hybridized carbons (Fsp3) is 0.944. The largest absolute Gasteiger partial charge is 0.373 e. The second-order valence-corrected chi connectivity index (χ2v) is 7.98. The molecule has 0 aromatic heterocycles. The van der Waals surface area contributed by atoms with Crippen molar-refractivity contribution in [3.8, 4) is 0 Å². The topological polar surface area (TPSA) is 26.3 Å². The van der Waals surface area contributed by atoms with E-state index < -0.39 is 0 Å². The van der Waals surface area contributed by atoms with E-state index in [4.69, 9.17) is 4.74 Å². The minimum atomic E-state index is -0.0534. The number of ether oxygens (including phenoxy) is 1. The highest BCUT2D eigenvalue weighted by molar-refractivity contribution is 5.92. The summed E-state index contributed by atoms with van der Waals surface area (Å²) in [5, 5.41) is 0. The molecule has 0 N–H and O–H groups in total. The van der Waals surface area contributed by atoms with Crippen molar-refractivity contribution in [2.24, 2.45) is 23.2 Å². The Kier molecular flexibility index (Phi) is 3.96. The molecule has 4 unspecified atom stereocenters. The fourth-order valence-corrected chi connectivity index (χ4v) is 4.88. The molecule has 2 heteroatoms. The summed E-state index contributed by atoms with van der Waals surface area (Å²) >= 11 is 0. The molecule has 3 rings (SSSR count). The first kappa shape index (κ1) is 14.6. The highest BCUT2D eigenvalue weighted by atomic mass is 16.5. The van der Waals surface area contributed by atoms with Gasteiger partial charge >= 0.3 is 0 Å². The van der Waals surface area contributed by atoms with Crippen LogP contribution in [0.3, 0.4) is 0 Å². The van der Waals surface area contributed by atoms with Gasteiger partial charge in [-0.1, -0.05) is 40.0 Å². The summed E-state index contributed by atoms with van der Waals surface area (Å²) < 4.78 is 6.56. The minimum Gasteiger partial charge on any atom is -0.373 e. The quantitative estimate of drug-likeness (QED) is 0.766. The molecule has 3 aliphatic rings. The van der Waals surface area contributed by atoms with Crippen molar-refractivity contribution in [1.29, 1.82) is 0 Å². The van der Waals surface area contributed by atoms with Crippen LogP contribution in [0.5, 0.6) is 0 Å². The third kappa shape index (κ3) is 2.34. The van der Waals surface area contributed by atoms with Crippen molar-refractivity contribution in [2.45, 2.75) is 84.3 Å².